The van der Waals surface area contributed by atoms with E-state index in [2.05, 4.69) is 10.3 Å². The van der Waals surface area contributed by atoms with Crippen molar-refractivity contribution in [2.75, 3.05) is 19.6 Å². The Morgan fingerprint density at radius 2 is 1.87 bits per heavy atom. The summed E-state index contributed by atoms with van der Waals surface area (Å²) in [5, 5.41) is 3.03. The van der Waals surface area contributed by atoms with Gasteiger partial charge in [0.1, 0.15) is 0 Å². The lowest BCUT2D eigenvalue weighted by Crippen LogP contribution is -2.48. The smallest absolute Gasteiger partial charge is 0.253 e. The summed E-state index contributed by atoms with van der Waals surface area (Å²) >= 11 is 0. The highest BCUT2D eigenvalue weighted by molar-refractivity contribution is 5.94. The Bertz CT molecular complexity index is 937. The molecule has 4 rings (SSSR count). The van der Waals surface area contributed by atoms with Crippen LogP contribution in [-0.2, 0) is 16.1 Å². The van der Waals surface area contributed by atoms with Crippen molar-refractivity contribution in [3.8, 4) is 0 Å². The van der Waals surface area contributed by atoms with Gasteiger partial charge in [-0.3, -0.25) is 19.4 Å². The minimum atomic E-state index is -0.278. The number of aryl methyl sites for hydroxylation is 1. The van der Waals surface area contributed by atoms with E-state index in [0.717, 1.165) is 5.56 Å². The molecule has 0 bridgehead atoms. The highest BCUT2D eigenvalue weighted by atomic mass is 16.2. The second kappa shape index (κ2) is 9.29. The number of amides is 3. The van der Waals surface area contributed by atoms with Crippen LogP contribution in [0.3, 0.4) is 0 Å². The van der Waals surface area contributed by atoms with E-state index < -0.39 is 0 Å². The minimum Gasteiger partial charge on any atom is -0.349 e. The zero-order chi connectivity index (χ0) is 21.8. The molecule has 162 valence electrons. The van der Waals surface area contributed by atoms with E-state index in [-0.39, 0.29) is 36.1 Å². The van der Waals surface area contributed by atoms with Crippen molar-refractivity contribution in [3.05, 3.63) is 65.5 Å². The van der Waals surface area contributed by atoms with Crippen molar-refractivity contribution >= 4 is 17.7 Å². The van der Waals surface area contributed by atoms with Crippen LogP contribution >= 0.6 is 0 Å². The molecule has 1 unspecified atom stereocenters. The number of nitrogens with one attached hydrogen (secondary N) is 1. The molecule has 1 aromatic heterocycles. The highest BCUT2D eigenvalue weighted by Crippen LogP contribution is 2.24. The van der Waals surface area contributed by atoms with E-state index in [0.29, 0.717) is 44.6 Å². The van der Waals surface area contributed by atoms with Crippen LogP contribution in [0, 0.1) is 12.8 Å². The molecule has 2 aromatic rings. The molecule has 31 heavy (non-hydrogen) atoms. The van der Waals surface area contributed by atoms with Crippen LogP contribution in [0.1, 0.15) is 40.7 Å². The quantitative estimate of drug-likeness (QED) is 0.804. The van der Waals surface area contributed by atoms with Gasteiger partial charge >= 0.3 is 0 Å². The number of pyridine rings is 1. The van der Waals surface area contributed by atoms with Gasteiger partial charge < -0.3 is 15.1 Å². The lowest BCUT2D eigenvalue weighted by molar-refractivity contribution is -0.136. The SMILES string of the molecule is Cc1ccc(CN2CC(C(=O)N3CCC(NC(=O)c4cccnc4)CC3)CC2=O)cc1. The van der Waals surface area contributed by atoms with Crippen molar-refractivity contribution in [1.82, 2.24) is 20.1 Å². The normalized spacial score (nSPS) is 19.5. The van der Waals surface area contributed by atoms with Crippen molar-refractivity contribution in [1.29, 1.82) is 0 Å². The van der Waals surface area contributed by atoms with Crippen LogP contribution in [0.4, 0.5) is 0 Å². The lowest BCUT2D eigenvalue weighted by Gasteiger charge is -2.33. The second-order valence-electron chi connectivity index (χ2n) is 8.48. The number of aromatic nitrogens is 1. The Morgan fingerprint density at radius 3 is 2.55 bits per heavy atom. The van der Waals surface area contributed by atoms with Gasteiger partial charge in [0.2, 0.25) is 11.8 Å². The first-order valence-electron chi connectivity index (χ1n) is 10.8. The monoisotopic (exact) mass is 420 g/mol. The zero-order valence-corrected chi connectivity index (χ0v) is 17.8. The number of carbonyl (C=O) groups is 3. The first-order valence-corrected chi connectivity index (χ1v) is 10.8. The predicted molar refractivity (Wildman–Crippen MR) is 116 cm³/mol. The van der Waals surface area contributed by atoms with E-state index in [1.54, 1.807) is 29.4 Å². The van der Waals surface area contributed by atoms with E-state index in [1.165, 1.54) is 5.56 Å². The second-order valence-corrected chi connectivity index (χ2v) is 8.48. The number of carbonyl (C=O) groups excluding carboxylic acids is 3. The first kappa shape index (κ1) is 21.0. The summed E-state index contributed by atoms with van der Waals surface area (Å²) in [6.07, 6.45) is 4.89. The molecular formula is C24H28N4O3. The topological polar surface area (TPSA) is 82.6 Å². The molecule has 2 fully saturated rings. The zero-order valence-electron chi connectivity index (χ0n) is 17.8. The molecule has 2 aliphatic rings. The minimum absolute atomic E-state index is 0.0394. The van der Waals surface area contributed by atoms with Crippen LogP contribution in [-0.4, -0.2) is 58.2 Å². The summed E-state index contributed by atoms with van der Waals surface area (Å²) < 4.78 is 0. The molecule has 1 N–H and O–H groups in total. The van der Waals surface area contributed by atoms with Crippen LogP contribution in [0.25, 0.3) is 0 Å². The number of hydrogen-bond donors (Lipinski definition) is 1. The number of piperidine rings is 1. The molecule has 1 atom stereocenters. The van der Waals surface area contributed by atoms with E-state index in [1.807, 2.05) is 36.1 Å². The fourth-order valence-electron chi connectivity index (χ4n) is 4.27. The van der Waals surface area contributed by atoms with Crippen molar-refractivity contribution < 1.29 is 14.4 Å². The largest absolute Gasteiger partial charge is 0.349 e. The van der Waals surface area contributed by atoms with Crippen molar-refractivity contribution in [2.45, 2.75) is 38.8 Å². The molecule has 2 aliphatic heterocycles. The van der Waals surface area contributed by atoms with Gasteiger partial charge in [-0.25, -0.2) is 0 Å². The molecule has 0 radical (unpaired) electrons. The number of hydrogen-bond acceptors (Lipinski definition) is 4. The maximum atomic E-state index is 13.0. The molecule has 2 saturated heterocycles. The molecule has 0 aliphatic carbocycles. The fourth-order valence-corrected chi connectivity index (χ4v) is 4.27. The Labute approximate surface area is 182 Å². The molecule has 0 saturated carbocycles. The lowest BCUT2D eigenvalue weighted by atomic mass is 10.0. The van der Waals surface area contributed by atoms with Gasteiger partial charge in [0.25, 0.3) is 5.91 Å². The van der Waals surface area contributed by atoms with E-state index in [4.69, 9.17) is 0 Å². The van der Waals surface area contributed by atoms with Gasteiger partial charge in [-0.05, 0) is 37.5 Å². The van der Waals surface area contributed by atoms with Gasteiger partial charge in [-0.2, -0.15) is 0 Å². The average molecular weight is 421 g/mol. The molecule has 3 heterocycles. The Kier molecular flexibility index (Phi) is 6.30. The van der Waals surface area contributed by atoms with E-state index in [9.17, 15) is 14.4 Å². The van der Waals surface area contributed by atoms with Crippen molar-refractivity contribution in [3.63, 3.8) is 0 Å². The van der Waals surface area contributed by atoms with Crippen LogP contribution in [0.15, 0.2) is 48.8 Å². The molecule has 3 amide bonds. The van der Waals surface area contributed by atoms with Crippen molar-refractivity contribution in [2.24, 2.45) is 5.92 Å². The molecule has 7 nitrogen and oxygen atoms in total. The standard InChI is InChI=1S/C24H28N4O3/c1-17-4-6-18(7-5-17)15-28-16-20(13-22(28)29)24(31)27-11-8-21(9-12-27)26-23(30)19-3-2-10-25-14-19/h2-7,10,14,20-21H,8-9,11-13,15-16H2,1H3,(H,26,30). The molecule has 1 aromatic carbocycles. The number of rotatable bonds is 5. The van der Waals surface area contributed by atoms with Gasteiger partial charge in [0, 0.05) is 51.0 Å². The fraction of sp³-hybridized carbons (Fsp3) is 0.417. The number of benzene rings is 1. The first-order chi connectivity index (χ1) is 15.0. The Balaban J connectivity index is 1.26. The van der Waals surface area contributed by atoms with Crippen LogP contribution in [0.5, 0.6) is 0 Å². The molecular weight excluding hydrogens is 392 g/mol. The van der Waals surface area contributed by atoms with E-state index >= 15 is 0 Å². The van der Waals surface area contributed by atoms with Crippen LogP contribution in [0.2, 0.25) is 0 Å². The van der Waals surface area contributed by atoms with Gasteiger partial charge in [-0.1, -0.05) is 29.8 Å². The number of nitrogens with zero attached hydrogens (tertiary/aromatic N) is 3. The summed E-state index contributed by atoms with van der Waals surface area (Å²) in [5.74, 6) is -0.320. The Hall–Kier alpha value is -3.22. The average Bonchev–Trinajstić information content (AvgIpc) is 3.16. The van der Waals surface area contributed by atoms with Gasteiger partial charge in [0.15, 0.2) is 0 Å². The summed E-state index contributed by atoms with van der Waals surface area (Å²) in [6, 6.07) is 11.7. The third kappa shape index (κ3) is 5.10. The summed E-state index contributed by atoms with van der Waals surface area (Å²) in [4.78, 5) is 45.4. The molecule has 0 spiro atoms. The van der Waals surface area contributed by atoms with Gasteiger partial charge in [-0.15, -0.1) is 0 Å². The third-order valence-corrected chi connectivity index (χ3v) is 6.12. The highest BCUT2D eigenvalue weighted by Gasteiger charge is 2.37. The maximum absolute atomic E-state index is 13.0. The summed E-state index contributed by atoms with van der Waals surface area (Å²) in [7, 11) is 0. The summed E-state index contributed by atoms with van der Waals surface area (Å²) in [5.41, 5.74) is 2.81. The molecule has 7 heteroatoms. The number of likely N-dealkylation sites (tertiary alicyclic amines) is 2. The Morgan fingerprint density at radius 1 is 1.13 bits per heavy atom. The maximum Gasteiger partial charge on any atom is 0.253 e. The van der Waals surface area contributed by atoms with Crippen LogP contribution < -0.4 is 5.32 Å². The predicted octanol–water partition coefficient (Wildman–Crippen LogP) is 2.16. The van der Waals surface area contributed by atoms with Gasteiger partial charge in [0.05, 0.1) is 11.5 Å². The third-order valence-electron chi connectivity index (χ3n) is 6.12. The summed E-state index contributed by atoms with van der Waals surface area (Å²) in [6.45, 7) is 4.25.